The van der Waals surface area contributed by atoms with Gasteiger partial charge >= 0.3 is 0 Å². The minimum Gasteiger partial charge on any atom is -0.309 e. The third kappa shape index (κ3) is 6.25. The smallest absolute Gasteiger partial charge is 0.0540 e. The lowest BCUT2D eigenvalue weighted by Crippen LogP contribution is -2.17. The van der Waals surface area contributed by atoms with Gasteiger partial charge in [-0.1, -0.05) is 226 Å². The Kier molecular flexibility index (Phi) is 9.24. The molecule has 1 aliphatic carbocycles. The molecule has 0 radical (unpaired) electrons. The van der Waals surface area contributed by atoms with Gasteiger partial charge in [-0.15, -0.1) is 0 Å². The van der Waals surface area contributed by atoms with Crippen molar-refractivity contribution in [1.29, 1.82) is 0 Å². The van der Waals surface area contributed by atoms with E-state index in [2.05, 4.69) is 255 Å². The molecule has 10 aromatic rings. The van der Waals surface area contributed by atoms with Crippen molar-refractivity contribution in [2.24, 2.45) is 0 Å². The van der Waals surface area contributed by atoms with Crippen molar-refractivity contribution in [1.82, 2.24) is 0 Å². The molecule has 0 fully saturated rings. The zero-order valence-electron chi connectivity index (χ0n) is 35.0. The lowest BCUT2D eigenvalue weighted by Gasteiger charge is -2.31. The molecule has 0 unspecified atom stereocenters. The zero-order chi connectivity index (χ0) is 41.6. The maximum atomic E-state index is 2.50. The quantitative estimate of drug-likeness (QED) is 0.148. The number of para-hydroxylation sites is 1. The van der Waals surface area contributed by atoms with Crippen LogP contribution in [0.2, 0.25) is 0 Å². The highest BCUT2D eigenvalue weighted by Gasteiger charge is 2.36. The molecule has 294 valence electrons. The molecule has 0 aliphatic heterocycles. The summed E-state index contributed by atoms with van der Waals surface area (Å²) in [6, 6.07) is 86.7. The number of anilines is 3. The Morgan fingerprint density at radius 1 is 0.290 bits per heavy atom. The molecule has 0 N–H and O–H groups in total. The van der Waals surface area contributed by atoms with Gasteiger partial charge in [-0.25, -0.2) is 0 Å². The van der Waals surface area contributed by atoms with Crippen LogP contribution in [0.4, 0.5) is 17.1 Å². The van der Waals surface area contributed by atoms with Crippen LogP contribution in [-0.2, 0) is 5.41 Å². The van der Waals surface area contributed by atoms with Crippen molar-refractivity contribution in [2.75, 3.05) is 4.90 Å². The minimum absolute atomic E-state index is 0.144. The highest BCUT2D eigenvalue weighted by Crippen LogP contribution is 2.53. The molecule has 0 aromatic heterocycles. The first-order valence-corrected chi connectivity index (χ1v) is 21.6. The number of hydrogen-bond acceptors (Lipinski definition) is 1. The van der Waals surface area contributed by atoms with Crippen LogP contribution in [0.3, 0.4) is 0 Å². The second kappa shape index (κ2) is 15.4. The Morgan fingerprint density at radius 2 is 0.774 bits per heavy atom. The van der Waals surface area contributed by atoms with E-state index in [1.165, 1.54) is 88.7 Å². The molecule has 1 nitrogen and oxygen atoms in total. The predicted octanol–water partition coefficient (Wildman–Crippen LogP) is 17.0. The van der Waals surface area contributed by atoms with E-state index in [9.17, 15) is 0 Å². The minimum atomic E-state index is -0.144. The highest BCUT2D eigenvalue weighted by molar-refractivity contribution is 6.11. The zero-order valence-corrected chi connectivity index (χ0v) is 35.0. The molecule has 0 atom stereocenters. The average molecular weight is 792 g/mol. The van der Waals surface area contributed by atoms with Crippen LogP contribution in [0, 0.1) is 0 Å². The summed E-state index contributed by atoms with van der Waals surface area (Å²) in [6.45, 7) is 4.73. The van der Waals surface area contributed by atoms with E-state index < -0.39 is 0 Å². The number of nitrogens with zero attached hydrogens (tertiary/aromatic N) is 1. The van der Waals surface area contributed by atoms with Gasteiger partial charge in [-0.2, -0.15) is 0 Å². The van der Waals surface area contributed by atoms with Crippen LogP contribution in [0.25, 0.3) is 77.5 Å². The monoisotopic (exact) mass is 791 g/mol. The van der Waals surface area contributed by atoms with Crippen LogP contribution < -0.4 is 4.90 Å². The molecule has 0 amide bonds. The molecule has 1 aliphatic rings. The molecule has 0 saturated heterocycles. The second-order valence-electron chi connectivity index (χ2n) is 16.8. The van der Waals surface area contributed by atoms with E-state index >= 15 is 0 Å². The highest BCUT2D eigenvalue weighted by atomic mass is 15.1. The van der Waals surface area contributed by atoms with Gasteiger partial charge in [0.15, 0.2) is 0 Å². The molecule has 10 aromatic carbocycles. The van der Waals surface area contributed by atoms with E-state index in [1.807, 2.05) is 0 Å². The summed E-state index contributed by atoms with van der Waals surface area (Å²) in [6.07, 6.45) is 0. The van der Waals surface area contributed by atoms with Crippen LogP contribution in [0.15, 0.2) is 237 Å². The number of hydrogen-bond donors (Lipinski definition) is 0. The maximum Gasteiger partial charge on any atom is 0.0540 e. The van der Waals surface area contributed by atoms with Crippen molar-refractivity contribution in [3.05, 3.63) is 248 Å². The van der Waals surface area contributed by atoms with Gasteiger partial charge < -0.3 is 4.90 Å². The van der Waals surface area contributed by atoms with Gasteiger partial charge in [0.1, 0.15) is 0 Å². The van der Waals surface area contributed by atoms with E-state index in [4.69, 9.17) is 0 Å². The van der Waals surface area contributed by atoms with Gasteiger partial charge in [-0.05, 0) is 102 Å². The molecule has 0 spiro atoms. The van der Waals surface area contributed by atoms with Gasteiger partial charge in [0.2, 0.25) is 0 Å². The van der Waals surface area contributed by atoms with Crippen LogP contribution in [0.1, 0.15) is 25.0 Å². The summed E-state index contributed by atoms with van der Waals surface area (Å²) in [7, 11) is 0. The Morgan fingerprint density at radius 3 is 1.48 bits per heavy atom. The first-order valence-electron chi connectivity index (χ1n) is 21.6. The molecular weight excluding hydrogens is 747 g/mol. The molecule has 11 rings (SSSR count). The Bertz CT molecular complexity index is 3250. The third-order valence-corrected chi connectivity index (χ3v) is 12.9. The maximum absolute atomic E-state index is 2.50. The largest absolute Gasteiger partial charge is 0.309 e. The summed E-state index contributed by atoms with van der Waals surface area (Å²) in [5.74, 6) is 0. The molecule has 0 bridgehead atoms. The van der Waals surface area contributed by atoms with Gasteiger partial charge in [0.05, 0.1) is 11.4 Å². The Labute approximate surface area is 364 Å². The summed E-state index contributed by atoms with van der Waals surface area (Å²) in [4.78, 5) is 2.50. The summed E-state index contributed by atoms with van der Waals surface area (Å²) in [5, 5.41) is 2.38. The fourth-order valence-corrected chi connectivity index (χ4v) is 9.98. The lowest BCUT2D eigenvalue weighted by molar-refractivity contribution is 0.660. The molecule has 62 heavy (non-hydrogen) atoms. The molecule has 0 saturated carbocycles. The molecule has 1 heteroatoms. The van der Waals surface area contributed by atoms with Crippen LogP contribution in [-0.4, -0.2) is 0 Å². The average Bonchev–Trinajstić information content (AvgIpc) is 3.57. The first kappa shape index (κ1) is 37.3. The van der Waals surface area contributed by atoms with Crippen molar-refractivity contribution in [3.63, 3.8) is 0 Å². The van der Waals surface area contributed by atoms with E-state index in [1.54, 1.807) is 0 Å². The predicted molar refractivity (Wildman–Crippen MR) is 263 cm³/mol. The number of rotatable bonds is 8. The van der Waals surface area contributed by atoms with Crippen molar-refractivity contribution >= 4 is 27.8 Å². The Hall–Kier alpha value is -7.74. The topological polar surface area (TPSA) is 3.24 Å². The van der Waals surface area contributed by atoms with Gasteiger partial charge in [-0.3, -0.25) is 0 Å². The summed E-state index contributed by atoms with van der Waals surface area (Å²) < 4.78 is 0. The number of fused-ring (bicyclic) bond motifs is 4. The standard InChI is InChI=1S/C61H45N/c1-61(2)56-35-18-16-30-51(56)52-38-37-45(41-57(52)61)62(58-36-19-17-28-47(58)43-23-8-4-9-24-43)59-40-39-50(49-29-13-14-31-53(49)59)55-34-20-33-48(44-25-10-5-11-26-44)60(55)54-32-15-12-27-46(54)42-21-6-3-7-22-42/h3-41H,1-2H3. The third-order valence-electron chi connectivity index (χ3n) is 12.9. The molecular formula is C61H45N. The number of benzene rings is 10. The summed E-state index contributed by atoms with van der Waals surface area (Å²) >= 11 is 0. The van der Waals surface area contributed by atoms with Crippen molar-refractivity contribution in [3.8, 4) is 66.8 Å². The van der Waals surface area contributed by atoms with Gasteiger partial charge in [0.25, 0.3) is 0 Å². The SMILES string of the molecule is CC1(C)c2ccccc2-c2ccc(N(c3ccccc3-c3ccccc3)c3ccc(-c4cccc(-c5ccccc5)c4-c4ccccc4-c4ccccc4)c4ccccc34)cc21. The van der Waals surface area contributed by atoms with Crippen LogP contribution in [0.5, 0.6) is 0 Å². The first-order chi connectivity index (χ1) is 30.6. The normalized spacial score (nSPS) is 12.5. The fourth-order valence-electron chi connectivity index (χ4n) is 9.98. The van der Waals surface area contributed by atoms with E-state index in [-0.39, 0.29) is 5.41 Å². The van der Waals surface area contributed by atoms with Gasteiger partial charge in [0, 0.05) is 22.1 Å². The fraction of sp³-hybridized carbons (Fsp3) is 0.0492. The van der Waals surface area contributed by atoms with Crippen molar-refractivity contribution in [2.45, 2.75) is 19.3 Å². The lowest BCUT2D eigenvalue weighted by atomic mass is 9.82. The molecule has 0 heterocycles. The second-order valence-corrected chi connectivity index (χ2v) is 16.8. The van der Waals surface area contributed by atoms with E-state index in [0.717, 1.165) is 17.1 Å². The van der Waals surface area contributed by atoms with Crippen molar-refractivity contribution < 1.29 is 0 Å². The van der Waals surface area contributed by atoms with E-state index in [0.29, 0.717) is 0 Å². The van der Waals surface area contributed by atoms with Crippen LogP contribution >= 0.6 is 0 Å². The Balaban J connectivity index is 1.17. The summed E-state index contributed by atoms with van der Waals surface area (Å²) in [5.41, 5.74) is 20.6.